The molecule has 2 aromatic heterocycles. The summed E-state index contributed by atoms with van der Waals surface area (Å²) >= 11 is 0. The van der Waals surface area contributed by atoms with Crippen LogP contribution in [0.3, 0.4) is 0 Å². The number of ether oxygens (including phenoxy) is 1. The summed E-state index contributed by atoms with van der Waals surface area (Å²) < 4.78 is 5.54. The van der Waals surface area contributed by atoms with Crippen molar-refractivity contribution < 1.29 is 9.53 Å². The summed E-state index contributed by atoms with van der Waals surface area (Å²) in [4.78, 5) is 25.9. The van der Waals surface area contributed by atoms with Gasteiger partial charge in [0.1, 0.15) is 12.3 Å². The molecule has 118 valence electrons. The highest BCUT2D eigenvalue weighted by Gasteiger charge is 2.24. The van der Waals surface area contributed by atoms with Gasteiger partial charge in [-0.05, 0) is 25.0 Å². The molecule has 6 nitrogen and oxygen atoms in total. The monoisotopic (exact) mass is 310 g/mol. The number of nitrogens with zero attached hydrogens (tertiary/aromatic N) is 3. The molecule has 0 aromatic carbocycles. The van der Waals surface area contributed by atoms with Gasteiger partial charge in [0, 0.05) is 37.2 Å². The molecule has 0 spiro atoms. The van der Waals surface area contributed by atoms with Crippen LogP contribution in [-0.4, -0.2) is 51.6 Å². The molecule has 2 aromatic rings. The molecule has 0 aliphatic carbocycles. The first kappa shape index (κ1) is 15.3. The van der Waals surface area contributed by atoms with Crippen LogP contribution in [0, 0.1) is 12.3 Å². The SMILES string of the molecule is C#CCOC1CCN(C(=O)c2ccnc(-c3ncc[nH]3)c2)CC1. The lowest BCUT2D eigenvalue weighted by molar-refractivity contribution is 0.0231. The van der Waals surface area contributed by atoms with Crippen LogP contribution in [0.4, 0.5) is 0 Å². The topological polar surface area (TPSA) is 71.1 Å². The van der Waals surface area contributed by atoms with Crippen LogP contribution >= 0.6 is 0 Å². The Morgan fingerprint density at radius 3 is 2.91 bits per heavy atom. The van der Waals surface area contributed by atoms with Crippen LogP contribution in [0.15, 0.2) is 30.7 Å². The molecule has 6 heteroatoms. The summed E-state index contributed by atoms with van der Waals surface area (Å²) in [6.07, 6.45) is 12.0. The fraction of sp³-hybridized carbons (Fsp3) is 0.353. The van der Waals surface area contributed by atoms with Gasteiger partial charge in [0.2, 0.25) is 0 Å². The fourth-order valence-electron chi connectivity index (χ4n) is 2.67. The number of pyridine rings is 1. The highest BCUT2D eigenvalue weighted by Crippen LogP contribution is 2.18. The van der Waals surface area contributed by atoms with E-state index in [1.165, 1.54) is 0 Å². The smallest absolute Gasteiger partial charge is 0.253 e. The number of H-pyrrole nitrogens is 1. The van der Waals surface area contributed by atoms with E-state index >= 15 is 0 Å². The molecule has 0 radical (unpaired) electrons. The predicted molar refractivity (Wildman–Crippen MR) is 85.5 cm³/mol. The van der Waals surface area contributed by atoms with Crippen molar-refractivity contribution in [2.24, 2.45) is 0 Å². The van der Waals surface area contributed by atoms with Gasteiger partial charge in [-0.25, -0.2) is 4.98 Å². The summed E-state index contributed by atoms with van der Waals surface area (Å²) in [5.74, 6) is 3.14. The first-order valence-corrected chi connectivity index (χ1v) is 7.58. The first-order chi connectivity index (χ1) is 11.3. The van der Waals surface area contributed by atoms with Crippen molar-refractivity contribution in [1.29, 1.82) is 0 Å². The second kappa shape index (κ2) is 7.07. The van der Waals surface area contributed by atoms with Crippen molar-refractivity contribution in [1.82, 2.24) is 19.9 Å². The molecule has 1 N–H and O–H groups in total. The third-order valence-corrected chi connectivity index (χ3v) is 3.88. The number of piperidine rings is 1. The van der Waals surface area contributed by atoms with Crippen LogP contribution in [-0.2, 0) is 4.74 Å². The van der Waals surface area contributed by atoms with Gasteiger partial charge >= 0.3 is 0 Å². The van der Waals surface area contributed by atoms with Crippen LogP contribution < -0.4 is 0 Å². The minimum absolute atomic E-state index is 0.00982. The largest absolute Gasteiger partial charge is 0.365 e. The maximum absolute atomic E-state index is 12.6. The number of aromatic nitrogens is 3. The zero-order valence-electron chi connectivity index (χ0n) is 12.7. The Balaban J connectivity index is 1.65. The fourth-order valence-corrected chi connectivity index (χ4v) is 2.67. The summed E-state index contributed by atoms with van der Waals surface area (Å²) in [5, 5.41) is 0. The molecule has 1 saturated heterocycles. The summed E-state index contributed by atoms with van der Waals surface area (Å²) in [6, 6.07) is 3.50. The van der Waals surface area contributed by atoms with Gasteiger partial charge in [0.15, 0.2) is 5.82 Å². The molecule has 0 atom stereocenters. The van der Waals surface area contributed by atoms with E-state index in [0.717, 1.165) is 12.8 Å². The third kappa shape index (κ3) is 3.58. The van der Waals surface area contributed by atoms with Gasteiger partial charge in [-0.15, -0.1) is 6.42 Å². The highest BCUT2D eigenvalue weighted by molar-refractivity contribution is 5.95. The molecular formula is C17H18N4O2. The molecule has 0 saturated carbocycles. The van der Waals surface area contributed by atoms with Crippen LogP contribution in [0.5, 0.6) is 0 Å². The number of hydrogen-bond acceptors (Lipinski definition) is 4. The van der Waals surface area contributed by atoms with E-state index in [-0.39, 0.29) is 12.0 Å². The molecule has 23 heavy (non-hydrogen) atoms. The van der Waals surface area contributed by atoms with Crippen molar-refractivity contribution in [2.45, 2.75) is 18.9 Å². The van der Waals surface area contributed by atoms with E-state index in [4.69, 9.17) is 11.2 Å². The van der Waals surface area contributed by atoms with Crippen molar-refractivity contribution in [3.63, 3.8) is 0 Å². The Kier molecular flexibility index (Phi) is 4.69. The maximum atomic E-state index is 12.6. The molecule has 3 heterocycles. The van der Waals surface area contributed by atoms with E-state index in [1.54, 1.807) is 30.7 Å². The zero-order chi connectivity index (χ0) is 16.1. The molecule has 1 aliphatic heterocycles. The standard InChI is InChI=1S/C17H18N4O2/c1-2-11-23-14-4-9-21(10-5-14)17(22)13-3-6-18-15(12-13)16-19-7-8-20-16/h1,3,6-8,12,14H,4-5,9-11H2,(H,19,20). The van der Waals surface area contributed by atoms with Gasteiger partial charge in [-0.2, -0.15) is 0 Å². The lowest BCUT2D eigenvalue weighted by atomic mass is 10.1. The zero-order valence-corrected chi connectivity index (χ0v) is 12.7. The normalized spacial score (nSPS) is 15.3. The minimum atomic E-state index is 0.00982. The average molecular weight is 310 g/mol. The second-order valence-electron chi connectivity index (χ2n) is 5.37. The first-order valence-electron chi connectivity index (χ1n) is 7.58. The van der Waals surface area contributed by atoms with Gasteiger partial charge in [-0.1, -0.05) is 5.92 Å². The number of likely N-dealkylation sites (tertiary alicyclic amines) is 1. The number of terminal acetylenes is 1. The van der Waals surface area contributed by atoms with Crippen molar-refractivity contribution in [3.8, 4) is 23.9 Å². The Bertz CT molecular complexity index is 698. The van der Waals surface area contributed by atoms with Crippen LogP contribution in [0.1, 0.15) is 23.2 Å². The summed E-state index contributed by atoms with van der Waals surface area (Å²) in [6.45, 7) is 1.68. The number of carbonyl (C=O) groups excluding carboxylic acids is 1. The Hall–Kier alpha value is -2.65. The van der Waals surface area contributed by atoms with Gasteiger partial charge in [0.25, 0.3) is 5.91 Å². The molecule has 1 amide bonds. The highest BCUT2D eigenvalue weighted by atomic mass is 16.5. The number of carbonyl (C=O) groups is 1. The van der Waals surface area contributed by atoms with Crippen molar-refractivity contribution in [2.75, 3.05) is 19.7 Å². The number of amides is 1. The lowest BCUT2D eigenvalue weighted by Gasteiger charge is -2.31. The number of nitrogens with one attached hydrogen (secondary N) is 1. The molecule has 0 bridgehead atoms. The number of aromatic amines is 1. The molecular weight excluding hydrogens is 292 g/mol. The molecule has 3 rings (SSSR count). The van der Waals surface area contributed by atoms with Gasteiger partial charge < -0.3 is 14.6 Å². The predicted octanol–water partition coefficient (Wildman–Crippen LogP) is 1.73. The molecule has 0 unspecified atom stereocenters. The minimum Gasteiger partial charge on any atom is -0.365 e. The summed E-state index contributed by atoms with van der Waals surface area (Å²) in [7, 11) is 0. The average Bonchev–Trinajstić information content (AvgIpc) is 3.14. The van der Waals surface area contributed by atoms with Gasteiger partial charge in [-0.3, -0.25) is 9.78 Å². The molecule has 1 aliphatic rings. The molecule has 1 fully saturated rings. The van der Waals surface area contributed by atoms with E-state index in [0.29, 0.717) is 36.8 Å². The van der Waals surface area contributed by atoms with E-state index in [2.05, 4.69) is 20.9 Å². The summed E-state index contributed by atoms with van der Waals surface area (Å²) in [5.41, 5.74) is 1.28. The maximum Gasteiger partial charge on any atom is 0.253 e. The van der Waals surface area contributed by atoms with E-state index in [9.17, 15) is 4.79 Å². The number of rotatable bonds is 4. The second-order valence-corrected chi connectivity index (χ2v) is 5.37. The number of hydrogen-bond donors (Lipinski definition) is 1. The van der Waals surface area contributed by atoms with Crippen molar-refractivity contribution >= 4 is 5.91 Å². The Morgan fingerprint density at radius 1 is 1.39 bits per heavy atom. The quantitative estimate of drug-likeness (QED) is 0.873. The third-order valence-electron chi connectivity index (χ3n) is 3.88. The number of imidazole rings is 1. The van der Waals surface area contributed by atoms with Gasteiger partial charge in [0.05, 0.1) is 6.10 Å². The van der Waals surface area contributed by atoms with Crippen LogP contribution in [0.2, 0.25) is 0 Å². The van der Waals surface area contributed by atoms with E-state index < -0.39 is 0 Å². The lowest BCUT2D eigenvalue weighted by Crippen LogP contribution is -2.41. The van der Waals surface area contributed by atoms with E-state index in [1.807, 2.05) is 4.90 Å². The Morgan fingerprint density at radius 2 is 2.22 bits per heavy atom. The Labute approximate surface area is 134 Å². The van der Waals surface area contributed by atoms with Crippen LogP contribution in [0.25, 0.3) is 11.5 Å². The van der Waals surface area contributed by atoms with Crippen molar-refractivity contribution in [3.05, 3.63) is 36.3 Å².